The molecule has 174 valence electrons. The summed E-state index contributed by atoms with van der Waals surface area (Å²) in [5, 5.41) is 2.64. The largest absolute Gasteiger partial charge is 0.457 e. The van der Waals surface area contributed by atoms with Crippen molar-refractivity contribution in [3.63, 3.8) is 0 Å². The highest BCUT2D eigenvalue weighted by Crippen LogP contribution is 2.34. The number of fused-ring (bicyclic) bond motifs is 1. The average molecular weight is 473 g/mol. The van der Waals surface area contributed by atoms with Gasteiger partial charge in [-0.1, -0.05) is 36.4 Å². The molecule has 1 amide bonds. The fourth-order valence-corrected chi connectivity index (χ4v) is 3.69. The van der Waals surface area contributed by atoms with Crippen molar-refractivity contribution in [2.24, 2.45) is 0 Å². The highest BCUT2D eigenvalue weighted by Gasteiger charge is 2.31. The fraction of sp³-hybridized carbons (Fsp3) is 0.0370. The first-order chi connectivity index (χ1) is 16.9. The number of amides is 1. The summed E-state index contributed by atoms with van der Waals surface area (Å²) in [5.74, 6) is 0.444. The van der Waals surface area contributed by atoms with Crippen molar-refractivity contribution in [3.05, 3.63) is 115 Å². The van der Waals surface area contributed by atoms with E-state index in [1.165, 1.54) is 18.5 Å². The van der Waals surface area contributed by atoms with Gasteiger partial charge in [-0.2, -0.15) is 13.2 Å². The SMILES string of the molecule is O=C(Nc1cc(C(F)(F)F)ccc1-n1cnc2ccccc21)c1cccc(Oc2ccccc2)c1. The van der Waals surface area contributed by atoms with Crippen LogP contribution in [-0.4, -0.2) is 15.5 Å². The first-order valence-corrected chi connectivity index (χ1v) is 10.7. The molecule has 0 radical (unpaired) electrons. The molecule has 0 bridgehead atoms. The van der Waals surface area contributed by atoms with E-state index < -0.39 is 17.6 Å². The van der Waals surface area contributed by atoms with Crippen molar-refractivity contribution in [2.75, 3.05) is 5.32 Å². The molecule has 0 fully saturated rings. The van der Waals surface area contributed by atoms with Gasteiger partial charge in [-0.3, -0.25) is 9.36 Å². The maximum absolute atomic E-state index is 13.5. The molecule has 1 heterocycles. The summed E-state index contributed by atoms with van der Waals surface area (Å²) in [6.45, 7) is 0. The number of anilines is 1. The summed E-state index contributed by atoms with van der Waals surface area (Å²) < 4.78 is 47.8. The van der Waals surface area contributed by atoms with Crippen LogP contribution in [0.2, 0.25) is 0 Å². The van der Waals surface area contributed by atoms with Gasteiger partial charge >= 0.3 is 6.18 Å². The number of benzene rings is 4. The predicted octanol–water partition coefficient (Wildman–Crippen LogP) is 7.09. The summed E-state index contributed by atoms with van der Waals surface area (Å²) in [5.41, 5.74) is 1.09. The van der Waals surface area contributed by atoms with Crippen LogP contribution in [0.3, 0.4) is 0 Å². The van der Waals surface area contributed by atoms with Crippen molar-refractivity contribution in [3.8, 4) is 17.2 Å². The van der Waals surface area contributed by atoms with Crippen LogP contribution in [-0.2, 0) is 6.18 Å². The smallest absolute Gasteiger partial charge is 0.416 e. The zero-order valence-corrected chi connectivity index (χ0v) is 18.2. The van der Waals surface area contributed by atoms with Gasteiger partial charge in [-0.15, -0.1) is 0 Å². The number of rotatable bonds is 5. The van der Waals surface area contributed by atoms with Gasteiger partial charge in [0.1, 0.15) is 17.8 Å². The highest BCUT2D eigenvalue weighted by molar-refractivity contribution is 6.05. The molecule has 0 unspecified atom stereocenters. The number of nitrogens with one attached hydrogen (secondary N) is 1. The van der Waals surface area contributed by atoms with Crippen LogP contribution in [0.5, 0.6) is 11.5 Å². The zero-order chi connectivity index (χ0) is 24.4. The number of carbonyl (C=O) groups is 1. The summed E-state index contributed by atoms with van der Waals surface area (Å²) in [4.78, 5) is 17.4. The maximum Gasteiger partial charge on any atom is 0.416 e. The number of halogens is 3. The summed E-state index contributed by atoms with van der Waals surface area (Å²) in [6.07, 6.45) is -3.06. The van der Waals surface area contributed by atoms with E-state index in [9.17, 15) is 18.0 Å². The number of hydrogen-bond acceptors (Lipinski definition) is 3. The van der Waals surface area contributed by atoms with Gasteiger partial charge in [0, 0.05) is 5.56 Å². The molecule has 5 aromatic rings. The van der Waals surface area contributed by atoms with Crippen LogP contribution in [0.4, 0.5) is 18.9 Å². The quantitative estimate of drug-likeness (QED) is 0.297. The number of nitrogens with zero attached hydrogens (tertiary/aromatic N) is 2. The third-order valence-electron chi connectivity index (χ3n) is 5.36. The molecule has 0 spiro atoms. The Morgan fingerprint density at radius 2 is 1.57 bits per heavy atom. The zero-order valence-electron chi connectivity index (χ0n) is 18.2. The molecule has 4 aromatic carbocycles. The van der Waals surface area contributed by atoms with Crippen LogP contribution in [0.25, 0.3) is 16.7 Å². The van der Waals surface area contributed by atoms with Crippen molar-refractivity contribution in [1.82, 2.24) is 9.55 Å². The number of ether oxygens (including phenoxy) is 1. The van der Waals surface area contributed by atoms with E-state index in [1.807, 2.05) is 24.3 Å². The monoisotopic (exact) mass is 473 g/mol. The van der Waals surface area contributed by atoms with Gasteiger partial charge in [0.15, 0.2) is 0 Å². The molecule has 1 N–H and O–H groups in total. The van der Waals surface area contributed by atoms with Crippen molar-refractivity contribution >= 4 is 22.6 Å². The van der Waals surface area contributed by atoms with Gasteiger partial charge in [0.05, 0.1) is 28.0 Å². The Hall–Kier alpha value is -4.59. The van der Waals surface area contributed by atoms with Crippen LogP contribution in [0, 0.1) is 0 Å². The Kier molecular flexibility index (Phi) is 5.70. The number of hydrogen-bond donors (Lipinski definition) is 1. The minimum Gasteiger partial charge on any atom is -0.457 e. The lowest BCUT2D eigenvalue weighted by atomic mass is 10.1. The predicted molar refractivity (Wildman–Crippen MR) is 127 cm³/mol. The van der Waals surface area contributed by atoms with Gasteiger partial charge in [0.2, 0.25) is 0 Å². The van der Waals surface area contributed by atoms with E-state index in [0.29, 0.717) is 28.2 Å². The Balaban J connectivity index is 1.50. The number of imidazole rings is 1. The molecule has 0 saturated heterocycles. The first-order valence-electron chi connectivity index (χ1n) is 10.7. The highest BCUT2D eigenvalue weighted by atomic mass is 19.4. The van der Waals surface area contributed by atoms with E-state index >= 15 is 0 Å². The standard InChI is InChI=1S/C27H18F3N3O2/c28-27(29,30)19-13-14-25(33-17-31-22-11-4-5-12-24(22)33)23(16-19)32-26(34)18-7-6-10-21(15-18)35-20-8-2-1-3-9-20/h1-17H,(H,32,34). The van der Waals surface area contributed by atoms with Gasteiger partial charge in [-0.05, 0) is 60.7 Å². The van der Waals surface area contributed by atoms with E-state index in [0.717, 1.165) is 12.1 Å². The summed E-state index contributed by atoms with van der Waals surface area (Å²) in [7, 11) is 0. The molecule has 8 heteroatoms. The molecular weight excluding hydrogens is 455 g/mol. The van der Waals surface area contributed by atoms with Crippen LogP contribution in [0.15, 0.2) is 103 Å². The number of alkyl halides is 3. The van der Waals surface area contributed by atoms with Crippen LogP contribution < -0.4 is 10.1 Å². The minimum atomic E-state index is -4.57. The molecule has 0 aliphatic carbocycles. The second-order valence-corrected chi connectivity index (χ2v) is 7.73. The lowest BCUT2D eigenvalue weighted by Gasteiger charge is -2.16. The molecule has 0 saturated carbocycles. The Bertz CT molecular complexity index is 1510. The molecule has 0 aliphatic heterocycles. The van der Waals surface area contributed by atoms with Crippen LogP contribution in [0.1, 0.15) is 15.9 Å². The molecule has 35 heavy (non-hydrogen) atoms. The van der Waals surface area contributed by atoms with E-state index in [2.05, 4.69) is 10.3 Å². The number of carbonyl (C=O) groups excluding carboxylic acids is 1. The Morgan fingerprint density at radius 1 is 0.829 bits per heavy atom. The van der Waals surface area contributed by atoms with Crippen LogP contribution >= 0.6 is 0 Å². The summed E-state index contributed by atoms with van der Waals surface area (Å²) in [6, 6.07) is 25.9. The van der Waals surface area contributed by atoms with Gasteiger partial charge in [-0.25, -0.2) is 4.98 Å². The van der Waals surface area contributed by atoms with E-state index in [1.54, 1.807) is 53.1 Å². The third-order valence-corrected chi connectivity index (χ3v) is 5.36. The van der Waals surface area contributed by atoms with Gasteiger partial charge < -0.3 is 10.1 Å². The second-order valence-electron chi connectivity index (χ2n) is 7.73. The molecule has 5 nitrogen and oxygen atoms in total. The topological polar surface area (TPSA) is 56.2 Å². The third kappa shape index (κ3) is 4.72. The van der Waals surface area contributed by atoms with Crippen molar-refractivity contribution in [2.45, 2.75) is 6.18 Å². The molecule has 5 rings (SSSR count). The number of para-hydroxylation sites is 3. The lowest BCUT2D eigenvalue weighted by molar-refractivity contribution is -0.137. The average Bonchev–Trinajstić information content (AvgIpc) is 3.28. The molecule has 0 aliphatic rings. The first kappa shape index (κ1) is 22.2. The molecule has 0 atom stereocenters. The van der Waals surface area contributed by atoms with E-state index in [4.69, 9.17) is 4.74 Å². The normalized spacial score (nSPS) is 11.4. The molecular formula is C27H18F3N3O2. The number of aromatic nitrogens is 2. The lowest BCUT2D eigenvalue weighted by Crippen LogP contribution is -2.15. The summed E-state index contributed by atoms with van der Waals surface area (Å²) >= 11 is 0. The second kappa shape index (κ2) is 8.98. The Labute approximate surface area is 198 Å². The van der Waals surface area contributed by atoms with E-state index in [-0.39, 0.29) is 11.3 Å². The van der Waals surface area contributed by atoms with Crippen molar-refractivity contribution in [1.29, 1.82) is 0 Å². The minimum absolute atomic E-state index is 0.00218. The van der Waals surface area contributed by atoms with Crippen molar-refractivity contribution < 1.29 is 22.7 Å². The van der Waals surface area contributed by atoms with Gasteiger partial charge in [0.25, 0.3) is 5.91 Å². The Morgan fingerprint density at radius 3 is 2.37 bits per heavy atom. The molecule has 1 aromatic heterocycles. The maximum atomic E-state index is 13.5. The fourth-order valence-electron chi connectivity index (χ4n) is 3.69.